The third-order valence-corrected chi connectivity index (χ3v) is 3.67. The summed E-state index contributed by atoms with van der Waals surface area (Å²) in [6.45, 7) is 0. The second kappa shape index (κ2) is 6.02. The summed E-state index contributed by atoms with van der Waals surface area (Å²) in [6, 6.07) is 5.20. The zero-order valence-electron chi connectivity index (χ0n) is 10.7. The van der Waals surface area contributed by atoms with Crippen LogP contribution in [0.5, 0.6) is 17.2 Å². The van der Waals surface area contributed by atoms with Crippen LogP contribution in [-0.4, -0.2) is 23.1 Å². The number of carbonyl (C=O) groups excluding carboxylic acids is 1. The highest BCUT2D eigenvalue weighted by molar-refractivity contribution is 6.39. The molecule has 0 fully saturated rings. The summed E-state index contributed by atoms with van der Waals surface area (Å²) in [5, 5.41) is 19.9. The van der Waals surface area contributed by atoms with Crippen molar-refractivity contribution in [3.63, 3.8) is 0 Å². The molecule has 0 saturated heterocycles. The van der Waals surface area contributed by atoms with E-state index in [0.717, 1.165) is 0 Å². The van der Waals surface area contributed by atoms with Gasteiger partial charge in [0.2, 0.25) is 5.78 Å². The molecule has 2 rings (SSSR count). The summed E-state index contributed by atoms with van der Waals surface area (Å²) in [5.41, 5.74) is -0.238. The van der Waals surface area contributed by atoms with Crippen LogP contribution in [0.2, 0.25) is 15.1 Å². The van der Waals surface area contributed by atoms with Crippen LogP contribution in [0.25, 0.3) is 0 Å². The minimum Gasteiger partial charge on any atom is -0.507 e. The molecule has 21 heavy (non-hydrogen) atoms. The maximum atomic E-state index is 12.4. The van der Waals surface area contributed by atoms with Gasteiger partial charge in [0.1, 0.15) is 16.5 Å². The standard InChI is InChI=1S/C14H9Cl3O4/c1-21-14-9(16)5-8(13(20)11(14)17)12(19)7-4-6(15)2-3-10(7)18/h2-5,18,20H,1H3. The van der Waals surface area contributed by atoms with E-state index >= 15 is 0 Å². The van der Waals surface area contributed by atoms with Gasteiger partial charge >= 0.3 is 0 Å². The molecule has 2 aromatic rings. The topological polar surface area (TPSA) is 66.8 Å². The Morgan fingerprint density at radius 1 is 1.10 bits per heavy atom. The van der Waals surface area contributed by atoms with Crippen molar-refractivity contribution in [1.82, 2.24) is 0 Å². The molecule has 0 radical (unpaired) electrons. The summed E-state index contributed by atoms with van der Waals surface area (Å²) in [4.78, 5) is 12.4. The Bertz CT molecular complexity index is 729. The van der Waals surface area contributed by atoms with Gasteiger partial charge in [0.05, 0.1) is 23.3 Å². The quantitative estimate of drug-likeness (QED) is 0.813. The van der Waals surface area contributed by atoms with Crippen molar-refractivity contribution in [2.75, 3.05) is 7.11 Å². The lowest BCUT2D eigenvalue weighted by atomic mass is 10.0. The van der Waals surface area contributed by atoms with E-state index in [1.165, 1.54) is 31.4 Å². The van der Waals surface area contributed by atoms with Gasteiger partial charge in [-0.2, -0.15) is 0 Å². The van der Waals surface area contributed by atoms with Crippen molar-refractivity contribution >= 4 is 40.6 Å². The smallest absolute Gasteiger partial charge is 0.200 e. The predicted molar refractivity (Wildman–Crippen MR) is 81.2 cm³/mol. The van der Waals surface area contributed by atoms with E-state index in [0.29, 0.717) is 0 Å². The van der Waals surface area contributed by atoms with E-state index < -0.39 is 11.5 Å². The van der Waals surface area contributed by atoms with Gasteiger partial charge in [0.25, 0.3) is 0 Å². The van der Waals surface area contributed by atoms with Crippen LogP contribution in [-0.2, 0) is 0 Å². The van der Waals surface area contributed by atoms with Crippen molar-refractivity contribution in [3.05, 3.63) is 50.5 Å². The van der Waals surface area contributed by atoms with Gasteiger partial charge in [-0.05, 0) is 24.3 Å². The number of phenols is 2. The molecule has 0 heterocycles. The third-order valence-electron chi connectivity index (χ3n) is 2.80. The highest BCUT2D eigenvalue weighted by Crippen LogP contribution is 2.42. The van der Waals surface area contributed by atoms with Crippen molar-refractivity contribution < 1.29 is 19.7 Å². The first-order chi connectivity index (χ1) is 9.86. The molecular formula is C14H9Cl3O4. The second-order valence-electron chi connectivity index (χ2n) is 4.09. The molecule has 7 heteroatoms. The van der Waals surface area contributed by atoms with Gasteiger partial charge in [-0.25, -0.2) is 0 Å². The summed E-state index contributed by atoms with van der Waals surface area (Å²) in [5.74, 6) is -1.36. The molecular weight excluding hydrogens is 339 g/mol. The average molecular weight is 348 g/mol. The van der Waals surface area contributed by atoms with E-state index in [4.69, 9.17) is 39.5 Å². The Balaban J connectivity index is 2.62. The van der Waals surface area contributed by atoms with Crippen LogP contribution in [0.3, 0.4) is 0 Å². The largest absolute Gasteiger partial charge is 0.507 e. The minimum atomic E-state index is -0.668. The van der Waals surface area contributed by atoms with Crippen molar-refractivity contribution in [3.8, 4) is 17.2 Å². The summed E-state index contributed by atoms with van der Waals surface area (Å²) in [6.07, 6.45) is 0. The maximum absolute atomic E-state index is 12.4. The van der Waals surface area contributed by atoms with Gasteiger partial charge < -0.3 is 14.9 Å². The Morgan fingerprint density at radius 2 is 1.76 bits per heavy atom. The SMILES string of the molecule is COc1c(Cl)cc(C(=O)c2cc(Cl)ccc2O)c(O)c1Cl. The van der Waals surface area contributed by atoms with Crippen molar-refractivity contribution in [1.29, 1.82) is 0 Å². The van der Waals surface area contributed by atoms with Gasteiger partial charge in [0, 0.05) is 5.02 Å². The van der Waals surface area contributed by atoms with Crippen LogP contribution in [0.4, 0.5) is 0 Å². The zero-order chi connectivity index (χ0) is 15.7. The molecule has 0 unspecified atom stereocenters. The van der Waals surface area contributed by atoms with E-state index in [1.807, 2.05) is 0 Å². The summed E-state index contributed by atoms with van der Waals surface area (Å²) < 4.78 is 4.93. The van der Waals surface area contributed by atoms with Crippen LogP contribution in [0.1, 0.15) is 15.9 Å². The second-order valence-corrected chi connectivity index (χ2v) is 5.31. The van der Waals surface area contributed by atoms with Crippen LogP contribution < -0.4 is 4.74 Å². The average Bonchev–Trinajstić information content (AvgIpc) is 2.45. The predicted octanol–water partition coefficient (Wildman–Crippen LogP) is 4.30. The molecule has 0 bridgehead atoms. The lowest BCUT2D eigenvalue weighted by Gasteiger charge is -2.12. The molecule has 4 nitrogen and oxygen atoms in total. The normalized spacial score (nSPS) is 10.5. The van der Waals surface area contributed by atoms with Gasteiger partial charge in [-0.15, -0.1) is 0 Å². The molecule has 0 aromatic heterocycles. The minimum absolute atomic E-state index is 0.0581. The zero-order valence-corrected chi connectivity index (χ0v) is 12.9. The van der Waals surface area contributed by atoms with Gasteiger partial charge in [-0.1, -0.05) is 34.8 Å². The number of rotatable bonds is 3. The molecule has 0 aliphatic heterocycles. The number of aromatic hydroxyl groups is 2. The van der Waals surface area contributed by atoms with E-state index in [-0.39, 0.29) is 37.7 Å². The number of phenolic OH excluding ortho intramolecular Hbond substituents is 2. The number of ether oxygens (including phenoxy) is 1. The fourth-order valence-electron chi connectivity index (χ4n) is 1.79. The Hall–Kier alpha value is -1.62. The number of hydrogen-bond donors (Lipinski definition) is 2. The third kappa shape index (κ3) is 2.88. The monoisotopic (exact) mass is 346 g/mol. The highest BCUT2D eigenvalue weighted by atomic mass is 35.5. The molecule has 0 saturated carbocycles. The maximum Gasteiger partial charge on any atom is 0.200 e. The molecule has 0 aliphatic rings. The van der Waals surface area contributed by atoms with Crippen LogP contribution in [0, 0.1) is 0 Å². The highest BCUT2D eigenvalue weighted by Gasteiger charge is 2.23. The molecule has 2 N–H and O–H groups in total. The summed E-state index contributed by atoms with van der Waals surface area (Å²) >= 11 is 17.7. The van der Waals surface area contributed by atoms with Gasteiger partial charge in [-0.3, -0.25) is 4.79 Å². The molecule has 110 valence electrons. The van der Waals surface area contributed by atoms with Crippen molar-refractivity contribution in [2.45, 2.75) is 0 Å². The molecule has 2 aromatic carbocycles. The number of halogens is 3. The first kappa shape index (κ1) is 15.8. The van der Waals surface area contributed by atoms with E-state index in [2.05, 4.69) is 0 Å². The van der Waals surface area contributed by atoms with Gasteiger partial charge in [0.15, 0.2) is 5.75 Å². The summed E-state index contributed by atoms with van der Waals surface area (Å²) in [7, 11) is 1.33. The van der Waals surface area contributed by atoms with Crippen molar-refractivity contribution in [2.24, 2.45) is 0 Å². The molecule has 0 aliphatic carbocycles. The Labute approximate surface area is 135 Å². The fourth-order valence-corrected chi connectivity index (χ4v) is 2.57. The number of ketones is 1. The van der Waals surface area contributed by atoms with Crippen LogP contribution >= 0.6 is 34.8 Å². The Kier molecular flexibility index (Phi) is 4.52. The first-order valence-electron chi connectivity index (χ1n) is 5.65. The van der Waals surface area contributed by atoms with Crippen LogP contribution in [0.15, 0.2) is 24.3 Å². The molecule has 0 amide bonds. The lowest BCUT2D eigenvalue weighted by molar-refractivity contribution is 0.103. The lowest BCUT2D eigenvalue weighted by Crippen LogP contribution is -2.03. The number of hydrogen-bond acceptors (Lipinski definition) is 4. The fraction of sp³-hybridized carbons (Fsp3) is 0.0714. The Morgan fingerprint density at radius 3 is 2.38 bits per heavy atom. The molecule has 0 spiro atoms. The number of carbonyl (C=O) groups is 1. The molecule has 0 atom stereocenters. The number of benzene rings is 2. The number of methoxy groups -OCH3 is 1. The van der Waals surface area contributed by atoms with E-state index in [9.17, 15) is 15.0 Å². The first-order valence-corrected chi connectivity index (χ1v) is 6.78. The van der Waals surface area contributed by atoms with E-state index in [1.54, 1.807) is 0 Å².